The van der Waals surface area contributed by atoms with Crippen LogP contribution in [0.25, 0.3) is 11.3 Å². The molecular formula is C17H18F4N4. The van der Waals surface area contributed by atoms with Crippen LogP contribution in [0.5, 0.6) is 0 Å². The van der Waals surface area contributed by atoms with Crippen LogP contribution in [0, 0.1) is 5.82 Å². The van der Waals surface area contributed by atoms with Crippen LogP contribution >= 0.6 is 0 Å². The highest BCUT2D eigenvalue weighted by Crippen LogP contribution is 2.31. The van der Waals surface area contributed by atoms with E-state index < -0.39 is 17.6 Å². The molecule has 2 heterocycles. The molecule has 2 aromatic rings. The third kappa shape index (κ3) is 4.25. The normalized spacial score (nSPS) is 19.0. The number of rotatable bonds is 3. The van der Waals surface area contributed by atoms with Gasteiger partial charge in [0.25, 0.3) is 0 Å². The molecule has 1 atom stereocenters. The van der Waals surface area contributed by atoms with Gasteiger partial charge in [0.05, 0.1) is 5.56 Å². The lowest BCUT2D eigenvalue weighted by molar-refractivity contribution is -0.137. The van der Waals surface area contributed by atoms with Crippen molar-refractivity contribution in [3.05, 3.63) is 41.7 Å². The second kappa shape index (κ2) is 6.95. The maximum Gasteiger partial charge on any atom is 0.416 e. The molecule has 3 rings (SSSR count). The van der Waals surface area contributed by atoms with Crippen molar-refractivity contribution in [2.45, 2.75) is 25.1 Å². The van der Waals surface area contributed by atoms with Gasteiger partial charge in [-0.3, -0.25) is 0 Å². The molecule has 1 aliphatic heterocycles. The zero-order chi connectivity index (χ0) is 18.0. The van der Waals surface area contributed by atoms with E-state index in [4.69, 9.17) is 0 Å². The summed E-state index contributed by atoms with van der Waals surface area (Å²) in [6.07, 6.45) is -2.41. The number of halogens is 4. The smallest absolute Gasteiger partial charge is 0.364 e. The first-order valence-electron chi connectivity index (χ1n) is 7.99. The molecule has 4 nitrogen and oxygen atoms in total. The molecule has 1 saturated heterocycles. The van der Waals surface area contributed by atoms with Crippen LogP contribution < -0.4 is 5.32 Å². The van der Waals surface area contributed by atoms with Gasteiger partial charge in [0.1, 0.15) is 5.69 Å². The molecule has 134 valence electrons. The van der Waals surface area contributed by atoms with Gasteiger partial charge >= 0.3 is 6.18 Å². The van der Waals surface area contributed by atoms with Crippen molar-refractivity contribution in [3.63, 3.8) is 0 Å². The summed E-state index contributed by atoms with van der Waals surface area (Å²) in [5.41, 5.74) is -0.605. The highest BCUT2D eigenvalue weighted by molar-refractivity contribution is 5.61. The third-order valence-corrected chi connectivity index (χ3v) is 4.21. The summed E-state index contributed by atoms with van der Waals surface area (Å²) in [7, 11) is 2.02. The van der Waals surface area contributed by atoms with Gasteiger partial charge in [0.15, 0.2) is 11.6 Å². The van der Waals surface area contributed by atoms with E-state index in [1.807, 2.05) is 7.05 Å². The first-order valence-corrected chi connectivity index (χ1v) is 7.99. The van der Waals surface area contributed by atoms with Crippen LogP contribution in [-0.4, -0.2) is 41.3 Å². The van der Waals surface area contributed by atoms with Crippen LogP contribution in [-0.2, 0) is 6.18 Å². The van der Waals surface area contributed by atoms with Gasteiger partial charge in [-0.05, 0) is 38.6 Å². The summed E-state index contributed by atoms with van der Waals surface area (Å²) in [5.74, 6) is -0.296. The lowest BCUT2D eigenvalue weighted by Gasteiger charge is -2.30. The number of likely N-dealkylation sites (tertiary alicyclic amines) is 1. The molecule has 8 heteroatoms. The number of aromatic nitrogens is 2. The Hall–Kier alpha value is -2.22. The molecule has 1 aliphatic rings. The van der Waals surface area contributed by atoms with E-state index in [0.717, 1.165) is 38.1 Å². The van der Waals surface area contributed by atoms with Crippen molar-refractivity contribution in [3.8, 4) is 11.3 Å². The summed E-state index contributed by atoms with van der Waals surface area (Å²) < 4.78 is 52.1. The Morgan fingerprint density at radius 1 is 1.16 bits per heavy atom. The second-order valence-electron chi connectivity index (χ2n) is 6.25. The largest absolute Gasteiger partial charge is 0.416 e. The zero-order valence-electron chi connectivity index (χ0n) is 13.6. The summed E-state index contributed by atoms with van der Waals surface area (Å²) in [5, 5.41) is 11.0. The molecule has 1 fully saturated rings. The van der Waals surface area contributed by atoms with Crippen molar-refractivity contribution in [1.29, 1.82) is 0 Å². The fourth-order valence-electron chi connectivity index (χ4n) is 2.95. The monoisotopic (exact) mass is 354 g/mol. The van der Waals surface area contributed by atoms with Crippen molar-refractivity contribution in [2.75, 3.05) is 25.5 Å². The molecule has 1 aromatic carbocycles. The van der Waals surface area contributed by atoms with Gasteiger partial charge in [0, 0.05) is 24.2 Å². The zero-order valence-corrected chi connectivity index (χ0v) is 13.6. The summed E-state index contributed by atoms with van der Waals surface area (Å²) in [6.45, 7) is 1.87. The van der Waals surface area contributed by atoms with Crippen molar-refractivity contribution >= 4 is 5.82 Å². The van der Waals surface area contributed by atoms with E-state index >= 15 is 0 Å². The maximum atomic E-state index is 14.3. The summed E-state index contributed by atoms with van der Waals surface area (Å²) >= 11 is 0. The van der Waals surface area contributed by atoms with Gasteiger partial charge in [-0.25, -0.2) is 4.39 Å². The van der Waals surface area contributed by atoms with Crippen LogP contribution in [0.2, 0.25) is 0 Å². The van der Waals surface area contributed by atoms with E-state index in [2.05, 4.69) is 20.4 Å². The Morgan fingerprint density at radius 3 is 2.48 bits per heavy atom. The van der Waals surface area contributed by atoms with Crippen LogP contribution in [0.15, 0.2) is 30.3 Å². The van der Waals surface area contributed by atoms with Crippen molar-refractivity contribution in [1.82, 2.24) is 15.1 Å². The quantitative estimate of drug-likeness (QED) is 0.851. The number of nitrogens with one attached hydrogen (secondary N) is 1. The van der Waals surface area contributed by atoms with Crippen LogP contribution in [0.1, 0.15) is 18.4 Å². The molecule has 25 heavy (non-hydrogen) atoms. The predicted octanol–water partition coefficient (Wildman–Crippen LogP) is 3.81. The highest BCUT2D eigenvalue weighted by Gasteiger charge is 2.30. The average molecular weight is 354 g/mol. The average Bonchev–Trinajstić information content (AvgIpc) is 2.54. The van der Waals surface area contributed by atoms with Gasteiger partial charge in [-0.2, -0.15) is 13.2 Å². The fraction of sp³-hybridized carbons (Fsp3) is 0.412. The Labute approximate surface area is 142 Å². The minimum Gasteiger partial charge on any atom is -0.364 e. The number of anilines is 1. The van der Waals surface area contributed by atoms with Gasteiger partial charge in [0.2, 0.25) is 0 Å². The highest BCUT2D eigenvalue weighted by atomic mass is 19.4. The van der Waals surface area contributed by atoms with Crippen LogP contribution in [0.4, 0.5) is 23.4 Å². The van der Waals surface area contributed by atoms with Crippen molar-refractivity contribution < 1.29 is 17.6 Å². The van der Waals surface area contributed by atoms with Gasteiger partial charge < -0.3 is 10.2 Å². The number of piperidine rings is 1. The Kier molecular flexibility index (Phi) is 4.89. The Morgan fingerprint density at radius 2 is 1.88 bits per heavy atom. The maximum absolute atomic E-state index is 14.3. The van der Waals surface area contributed by atoms with Crippen LogP contribution in [0.3, 0.4) is 0 Å². The lowest BCUT2D eigenvalue weighted by Crippen LogP contribution is -2.39. The van der Waals surface area contributed by atoms with E-state index in [0.29, 0.717) is 5.82 Å². The number of hydrogen-bond donors (Lipinski definition) is 1. The molecule has 1 aromatic heterocycles. The van der Waals surface area contributed by atoms with Gasteiger partial charge in [-0.1, -0.05) is 12.1 Å². The molecular weight excluding hydrogens is 336 g/mol. The Bertz CT molecular complexity index is 730. The molecule has 0 radical (unpaired) electrons. The molecule has 0 aliphatic carbocycles. The molecule has 0 spiro atoms. The minimum atomic E-state index is -4.43. The molecule has 0 bridgehead atoms. The summed E-state index contributed by atoms with van der Waals surface area (Å²) in [6, 6.07) is 5.60. The van der Waals surface area contributed by atoms with Gasteiger partial charge in [-0.15, -0.1) is 10.2 Å². The number of hydrogen-bond acceptors (Lipinski definition) is 4. The predicted molar refractivity (Wildman–Crippen MR) is 86.6 cm³/mol. The fourth-order valence-corrected chi connectivity index (χ4v) is 2.95. The number of nitrogens with zero attached hydrogens (tertiary/aromatic N) is 3. The van der Waals surface area contributed by atoms with E-state index in [-0.39, 0.29) is 17.3 Å². The lowest BCUT2D eigenvalue weighted by atomic mass is 10.1. The second-order valence-corrected chi connectivity index (χ2v) is 6.25. The van der Waals surface area contributed by atoms with E-state index in [1.165, 1.54) is 18.2 Å². The Balaban J connectivity index is 1.75. The minimum absolute atomic E-state index is 0.0694. The van der Waals surface area contributed by atoms with E-state index in [1.54, 1.807) is 0 Å². The summed E-state index contributed by atoms with van der Waals surface area (Å²) in [4.78, 5) is 2.18. The first kappa shape index (κ1) is 17.6. The SMILES string of the molecule is CN1CCC[C@@H](Nc2cc(F)c(-c3ccc(C(F)(F)F)cc3)nn2)C1. The first-order chi connectivity index (χ1) is 11.8. The molecule has 0 unspecified atom stereocenters. The van der Waals surface area contributed by atoms with E-state index in [9.17, 15) is 17.6 Å². The number of likely N-dealkylation sites (N-methyl/N-ethyl adjacent to an activating group) is 1. The molecule has 0 amide bonds. The molecule has 0 saturated carbocycles. The van der Waals surface area contributed by atoms with Crippen molar-refractivity contribution in [2.24, 2.45) is 0 Å². The third-order valence-electron chi connectivity index (χ3n) is 4.21. The standard InChI is InChI=1S/C17H18F4N4/c1-25-8-2-3-13(10-25)22-15-9-14(18)16(24-23-15)11-4-6-12(7-5-11)17(19,20)21/h4-7,9,13H,2-3,8,10H2,1H3,(H,22,23)/t13-/m1/s1. The number of alkyl halides is 3. The topological polar surface area (TPSA) is 41.0 Å². The number of benzene rings is 1. The molecule has 1 N–H and O–H groups in total.